The Kier molecular flexibility index (Phi) is 5.30. The van der Waals surface area contributed by atoms with Gasteiger partial charge in [0.25, 0.3) is 0 Å². The molecule has 1 aromatic rings. The molecule has 106 valence electrons. The Hall–Kier alpha value is -1.62. The van der Waals surface area contributed by atoms with Crippen molar-refractivity contribution in [3.8, 4) is 0 Å². The van der Waals surface area contributed by atoms with Gasteiger partial charge >= 0.3 is 0 Å². The largest absolute Gasteiger partial charge is 0.409 e. The minimum Gasteiger partial charge on any atom is -0.409 e. The number of oxime groups is 1. The highest BCUT2D eigenvalue weighted by Gasteiger charge is 2.23. The van der Waals surface area contributed by atoms with E-state index in [9.17, 15) is 4.39 Å². The fraction of sp³-hybridized carbons (Fsp3) is 0.500. The molecule has 19 heavy (non-hydrogen) atoms. The zero-order valence-electron chi connectivity index (χ0n) is 11.7. The number of rotatable bonds is 6. The predicted octanol–water partition coefficient (Wildman–Crippen LogP) is 2.64. The number of nitrogens with one attached hydrogen (secondary N) is 1. The summed E-state index contributed by atoms with van der Waals surface area (Å²) in [5.74, 6) is -0.00830. The molecule has 4 N–H and O–H groups in total. The average molecular weight is 267 g/mol. The maximum atomic E-state index is 13.6. The quantitative estimate of drug-likeness (QED) is 0.321. The number of hydrogen-bond donors (Lipinski definition) is 3. The molecule has 0 amide bonds. The average Bonchev–Trinajstić information content (AvgIpc) is 2.37. The Morgan fingerprint density at radius 3 is 2.68 bits per heavy atom. The van der Waals surface area contributed by atoms with Crippen LogP contribution in [0, 0.1) is 11.2 Å². The maximum absolute atomic E-state index is 13.6. The van der Waals surface area contributed by atoms with Crippen LogP contribution in [0.4, 0.5) is 4.39 Å². The van der Waals surface area contributed by atoms with Gasteiger partial charge in [0, 0.05) is 17.0 Å². The molecule has 0 spiro atoms. The number of benzene rings is 1. The van der Waals surface area contributed by atoms with Crippen molar-refractivity contribution in [3.63, 3.8) is 0 Å². The van der Waals surface area contributed by atoms with Crippen LogP contribution in [0.25, 0.3) is 0 Å². The summed E-state index contributed by atoms with van der Waals surface area (Å²) in [4.78, 5) is 0. The first-order valence-corrected chi connectivity index (χ1v) is 6.34. The van der Waals surface area contributed by atoms with E-state index in [4.69, 9.17) is 10.9 Å². The SMILES string of the molecule is CC(NCCC(C)(C)C(N)=NO)c1ccccc1F. The highest BCUT2D eigenvalue weighted by Crippen LogP contribution is 2.21. The third kappa shape index (κ3) is 4.21. The predicted molar refractivity (Wildman–Crippen MR) is 74.6 cm³/mol. The van der Waals surface area contributed by atoms with Gasteiger partial charge in [-0.2, -0.15) is 0 Å². The van der Waals surface area contributed by atoms with Gasteiger partial charge in [-0.15, -0.1) is 0 Å². The van der Waals surface area contributed by atoms with Gasteiger partial charge in [0.2, 0.25) is 0 Å². The first-order chi connectivity index (χ1) is 8.88. The summed E-state index contributed by atoms with van der Waals surface area (Å²) in [7, 11) is 0. The van der Waals surface area contributed by atoms with E-state index in [0.717, 1.165) is 0 Å². The minimum absolute atomic E-state index is 0.0794. The molecule has 0 heterocycles. The van der Waals surface area contributed by atoms with Crippen LogP contribution < -0.4 is 11.1 Å². The van der Waals surface area contributed by atoms with Crippen molar-refractivity contribution in [1.29, 1.82) is 0 Å². The fourth-order valence-corrected chi connectivity index (χ4v) is 1.80. The van der Waals surface area contributed by atoms with Crippen LogP contribution in [0.2, 0.25) is 0 Å². The zero-order valence-corrected chi connectivity index (χ0v) is 11.7. The van der Waals surface area contributed by atoms with E-state index in [-0.39, 0.29) is 17.7 Å². The summed E-state index contributed by atoms with van der Waals surface area (Å²) < 4.78 is 13.6. The van der Waals surface area contributed by atoms with E-state index in [0.29, 0.717) is 18.5 Å². The van der Waals surface area contributed by atoms with Crippen LogP contribution >= 0.6 is 0 Å². The van der Waals surface area contributed by atoms with Crippen LogP contribution in [0.3, 0.4) is 0 Å². The van der Waals surface area contributed by atoms with Crippen molar-refractivity contribution in [1.82, 2.24) is 5.32 Å². The standard InChI is InChI=1S/C14H22FN3O/c1-10(11-6-4-5-7-12(11)15)17-9-8-14(2,3)13(16)18-19/h4-7,10,17,19H,8-9H2,1-3H3,(H2,16,18). The van der Waals surface area contributed by atoms with Crippen molar-refractivity contribution < 1.29 is 9.60 Å². The highest BCUT2D eigenvalue weighted by atomic mass is 19.1. The summed E-state index contributed by atoms with van der Waals surface area (Å²) in [6.07, 6.45) is 0.696. The topological polar surface area (TPSA) is 70.6 Å². The Bertz CT molecular complexity index is 446. The maximum Gasteiger partial charge on any atom is 0.144 e. The lowest BCUT2D eigenvalue weighted by Crippen LogP contribution is -2.35. The molecule has 0 aliphatic rings. The van der Waals surface area contributed by atoms with Gasteiger partial charge in [-0.25, -0.2) is 4.39 Å². The van der Waals surface area contributed by atoms with E-state index in [2.05, 4.69) is 10.5 Å². The lowest BCUT2D eigenvalue weighted by atomic mass is 9.88. The Morgan fingerprint density at radius 2 is 2.11 bits per heavy atom. The molecule has 0 aliphatic heterocycles. The fourth-order valence-electron chi connectivity index (χ4n) is 1.80. The van der Waals surface area contributed by atoms with Gasteiger partial charge in [-0.1, -0.05) is 37.2 Å². The number of nitrogens with zero attached hydrogens (tertiary/aromatic N) is 1. The van der Waals surface area contributed by atoms with E-state index in [1.54, 1.807) is 12.1 Å². The van der Waals surface area contributed by atoms with E-state index in [1.807, 2.05) is 26.8 Å². The van der Waals surface area contributed by atoms with E-state index >= 15 is 0 Å². The first-order valence-electron chi connectivity index (χ1n) is 6.34. The molecular formula is C14H22FN3O. The monoisotopic (exact) mass is 267 g/mol. The number of hydrogen-bond acceptors (Lipinski definition) is 3. The molecule has 0 fully saturated rings. The van der Waals surface area contributed by atoms with E-state index in [1.165, 1.54) is 6.07 Å². The van der Waals surface area contributed by atoms with Crippen molar-refractivity contribution in [2.24, 2.45) is 16.3 Å². The second-order valence-corrected chi connectivity index (χ2v) is 5.32. The number of nitrogens with two attached hydrogens (primary N) is 1. The summed E-state index contributed by atoms with van der Waals surface area (Å²) in [5.41, 5.74) is 5.87. The molecule has 1 aromatic carbocycles. The lowest BCUT2D eigenvalue weighted by Gasteiger charge is -2.24. The van der Waals surface area contributed by atoms with Gasteiger partial charge in [0.05, 0.1) is 0 Å². The highest BCUT2D eigenvalue weighted by molar-refractivity contribution is 5.85. The van der Waals surface area contributed by atoms with Crippen molar-refractivity contribution >= 4 is 5.84 Å². The van der Waals surface area contributed by atoms with Gasteiger partial charge < -0.3 is 16.3 Å². The molecule has 4 nitrogen and oxygen atoms in total. The molecular weight excluding hydrogens is 245 g/mol. The van der Waals surface area contributed by atoms with Gasteiger partial charge in [0.15, 0.2) is 0 Å². The lowest BCUT2D eigenvalue weighted by molar-refractivity contribution is 0.304. The first kappa shape index (κ1) is 15.4. The Labute approximate surface area is 113 Å². The molecule has 0 radical (unpaired) electrons. The van der Waals surface area contributed by atoms with Crippen LogP contribution in [0.1, 0.15) is 38.8 Å². The third-order valence-corrected chi connectivity index (χ3v) is 3.37. The summed E-state index contributed by atoms with van der Waals surface area (Å²) in [6, 6.07) is 6.63. The molecule has 0 saturated carbocycles. The van der Waals surface area contributed by atoms with Crippen molar-refractivity contribution in [2.45, 2.75) is 33.2 Å². The summed E-state index contributed by atoms with van der Waals surface area (Å²) >= 11 is 0. The molecule has 0 aromatic heterocycles. The smallest absolute Gasteiger partial charge is 0.144 e. The summed E-state index contributed by atoms with van der Waals surface area (Å²) in [6.45, 7) is 6.36. The number of halogens is 1. The van der Waals surface area contributed by atoms with Gasteiger partial charge in [0.1, 0.15) is 11.7 Å². The van der Waals surface area contributed by atoms with Crippen LogP contribution in [-0.2, 0) is 0 Å². The van der Waals surface area contributed by atoms with Crippen molar-refractivity contribution in [2.75, 3.05) is 6.54 Å². The summed E-state index contributed by atoms with van der Waals surface area (Å²) in [5, 5.41) is 15.0. The molecule has 1 rings (SSSR count). The minimum atomic E-state index is -0.392. The Balaban J connectivity index is 2.52. The molecule has 5 heteroatoms. The van der Waals surface area contributed by atoms with Gasteiger partial charge in [-0.3, -0.25) is 0 Å². The van der Waals surface area contributed by atoms with Crippen LogP contribution in [-0.4, -0.2) is 17.6 Å². The second-order valence-electron chi connectivity index (χ2n) is 5.32. The molecule has 1 unspecified atom stereocenters. The van der Waals surface area contributed by atoms with E-state index < -0.39 is 5.41 Å². The van der Waals surface area contributed by atoms with Crippen LogP contribution in [0.15, 0.2) is 29.4 Å². The molecule has 1 atom stereocenters. The van der Waals surface area contributed by atoms with Gasteiger partial charge in [-0.05, 0) is 26.0 Å². The molecule has 0 aliphatic carbocycles. The van der Waals surface area contributed by atoms with Crippen LogP contribution in [0.5, 0.6) is 0 Å². The zero-order chi connectivity index (χ0) is 14.5. The molecule has 0 bridgehead atoms. The number of amidine groups is 1. The second kappa shape index (κ2) is 6.52. The normalized spacial score (nSPS) is 14.4. The third-order valence-electron chi connectivity index (χ3n) is 3.37. The van der Waals surface area contributed by atoms with Crippen molar-refractivity contribution in [3.05, 3.63) is 35.6 Å². The molecule has 0 saturated heterocycles. The Morgan fingerprint density at radius 1 is 1.47 bits per heavy atom.